The van der Waals surface area contributed by atoms with Gasteiger partial charge in [0, 0.05) is 13.2 Å². The van der Waals surface area contributed by atoms with Crippen molar-refractivity contribution in [2.45, 2.75) is 44.4 Å². The third-order valence-electron chi connectivity index (χ3n) is 3.38. The Balaban J connectivity index is 2.75. The van der Waals surface area contributed by atoms with E-state index in [1.165, 1.54) is 0 Å². The molecule has 0 bridgehead atoms. The molecule has 0 radical (unpaired) electrons. The number of carboxylic acid groups (broad SMARTS) is 1. The van der Waals surface area contributed by atoms with Crippen molar-refractivity contribution in [3.8, 4) is 0 Å². The maximum Gasteiger partial charge on any atom is 0.322 e. The first-order chi connectivity index (χ1) is 8.38. The van der Waals surface area contributed by atoms with Crippen LogP contribution in [0.3, 0.4) is 0 Å². The van der Waals surface area contributed by atoms with Gasteiger partial charge in [-0.1, -0.05) is 20.3 Å². The molecule has 1 heterocycles. The molecule has 1 rings (SSSR count). The van der Waals surface area contributed by atoms with E-state index in [1.807, 2.05) is 6.92 Å². The van der Waals surface area contributed by atoms with Crippen molar-refractivity contribution in [1.29, 1.82) is 0 Å². The molecule has 0 aromatic carbocycles. The average Bonchev–Trinajstić information content (AvgIpc) is 2.36. The van der Waals surface area contributed by atoms with Crippen LogP contribution >= 0.6 is 0 Å². The number of hydrogen-bond donors (Lipinski definition) is 2. The Labute approximate surface area is 108 Å². The van der Waals surface area contributed by atoms with Crippen LogP contribution in [0.1, 0.15) is 33.1 Å². The fourth-order valence-electron chi connectivity index (χ4n) is 1.91. The minimum absolute atomic E-state index is 0.239. The van der Waals surface area contributed by atoms with Gasteiger partial charge in [0.1, 0.15) is 6.04 Å². The van der Waals surface area contributed by atoms with Gasteiger partial charge in [0.25, 0.3) is 0 Å². The van der Waals surface area contributed by atoms with Gasteiger partial charge in [0.2, 0.25) is 10.0 Å². The van der Waals surface area contributed by atoms with Crippen LogP contribution in [-0.4, -0.2) is 44.0 Å². The molecule has 2 unspecified atom stereocenters. The van der Waals surface area contributed by atoms with Crippen LogP contribution in [0.25, 0.3) is 0 Å². The van der Waals surface area contributed by atoms with Crippen LogP contribution in [0, 0.1) is 5.92 Å². The molecule has 1 saturated heterocycles. The number of hydrogen-bond acceptors (Lipinski definition) is 4. The maximum atomic E-state index is 12.1. The third-order valence-corrected chi connectivity index (χ3v) is 5.31. The lowest BCUT2D eigenvalue weighted by atomic mass is 10.0. The normalized spacial score (nSPS) is 21.4. The zero-order chi connectivity index (χ0) is 13.8. The van der Waals surface area contributed by atoms with Crippen molar-refractivity contribution in [3.63, 3.8) is 0 Å². The molecule has 1 fully saturated rings. The van der Waals surface area contributed by atoms with Crippen LogP contribution in [0.5, 0.6) is 0 Å². The van der Waals surface area contributed by atoms with E-state index < -0.39 is 27.3 Å². The van der Waals surface area contributed by atoms with Crippen LogP contribution < -0.4 is 4.72 Å². The smallest absolute Gasteiger partial charge is 0.322 e. The molecule has 106 valence electrons. The summed E-state index contributed by atoms with van der Waals surface area (Å²) in [5, 5.41) is 8.54. The summed E-state index contributed by atoms with van der Waals surface area (Å²) in [6.07, 6.45) is 1.44. The van der Waals surface area contributed by atoms with E-state index in [0.717, 1.165) is 0 Å². The molecule has 0 amide bonds. The van der Waals surface area contributed by atoms with Crippen molar-refractivity contribution in [2.24, 2.45) is 5.92 Å². The Kier molecular flexibility index (Phi) is 5.55. The van der Waals surface area contributed by atoms with Gasteiger partial charge in [0.05, 0.1) is 5.25 Å². The fourth-order valence-corrected chi connectivity index (χ4v) is 3.60. The number of carbonyl (C=O) groups is 1. The Morgan fingerprint density at radius 1 is 1.44 bits per heavy atom. The zero-order valence-corrected chi connectivity index (χ0v) is 11.6. The predicted molar refractivity (Wildman–Crippen MR) is 66.8 cm³/mol. The first-order valence-electron chi connectivity index (χ1n) is 6.20. The van der Waals surface area contributed by atoms with E-state index in [4.69, 9.17) is 9.84 Å². The fraction of sp³-hybridized carbons (Fsp3) is 0.909. The van der Waals surface area contributed by atoms with Crippen molar-refractivity contribution in [3.05, 3.63) is 0 Å². The molecule has 7 heteroatoms. The SMILES string of the molecule is CCC(C)C(NS(=O)(=O)C1CCOCC1)C(=O)O. The van der Waals surface area contributed by atoms with E-state index >= 15 is 0 Å². The van der Waals surface area contributed by atoms with E-state index in [9.17, 15) is 13.2 Å². The van der Waals surface area contributed by atoms with E-state index in [1.54, 1.807) is 6.92 Å². The Morgan fingerprint density at radius 3 is 2.44 bits per heavy atom. The standard InChI is InChI=1S/C11H21NO5S/c1-3-8(2)10(11(13)14)12-18(15,16)9-4-6-17-7-5-9/h8-10,12H,3-7H2,1-2H3,(H,13,14). The third kappa shape index (κ3) is 3.93. The van der Waals surface area contributed by atoms with Gasteiger partial charge >= 0.3 is 5.97 Å². The Bertz CT molecular complexity index is 375. The quantitative estimate of drug-likeness (QED) is 0.742. The van der Waals surface area contributed by atoms with E-state index in [2.05, 4.69) is 4.72 Å². The molecule has 0 spiro atoms. The minimum atomic E-state index is -3.59. The van der Waals surface area contributed by atoms with Gasteiger partial charge in [-0.25, -0.2) is 13.1 Å². The van der Waals surface area contributed by atoms with E-state index in [-0.39, 0.29) is 5.92 Å². The second kappa shape index (κ2) is 6.49. The van der Waals surface area contributed by atoms with Gasteiger partial charge < -0.3 is 9.84 Å². The lowest BCUT2D eigenvalue weighted by Gasteiger charge is -2.26. The number of ether oxygens (including phenoxy) is 1. The molecule has 1 aliphatic rings. The molecule has 0 aromatic rings. The largest absolute Gasteiger partial charge is 0.480 e. The number of carboxylic acids is 1. The van der Waals surface area contributed by atoms with Gasteiger partial charge in [-0.2, -0.15) is 0 Å². The number of sulfonamides is 1. The first kappa shape index (κ1) is 15.4. The molecule has 0 aromatic heterocycles. The molecule has 18 heavy (non-hydrogen) atoms. The van der Waals surface area contributed by atoms with Crippen molar-refractivity contribution < 1.29 is 23.1 Å². The minimum Gasteiger partial charge on any atom is -0.480 e. The highest BCUT2D eigenvalue weighted by Crippen LogP contribution is 2.17. The molecular formula is C11H21NO5S. The highest BCUT2D eigenvalue weighted by Gasteiger charge is 2.34. The summed E-state index contributed by atoms with van der Waals surface area (Å²) in [6, 6.07) is -1.05. The monoisotopic (exact) mass is 279 g/mol. The second-order valence-corrected chi connectivity index (χ2v) is 6.67. The topological polar surface area (TPSA) is 92.7 Å². The summed E-state index contributed by atoms with van der Waals surface area (Å²) in [5.74, 6) is -1.36. The first-order valence-corrected chi connectivity index (χ1v) is 7.74. The van der Waals surface area contributed by atoms with Crippen LogP contribution in [0.2, 0.25) is 0 Å². The van der Waals surface area contributed by atoms with E-state index in [0.29, 0.717) is 32.5 Å². The summed E-state index contributed by atoms with van der Waals surface area (Å²) in [4.78, 5) is 11.1. The van der Waals surface area contributed by atoms with Crippen molar-refractivity contribution in [1.82, 2.24) is 4.72 Å². The summed E-state index contributed by atoms with van der Waals surface area (Å²) < 4.78 is 31.6. The number of aliphatic carboxylic acids is 1. The maximum absolute atomic E-state index is 12.1. The van der Waals surface area contributed by atoms with Crippen LogP contribution in [-0.2, 0) is 19.6 Å². The summed E-state index contributed by atoms with van der Waals surface area (Å²) in [6.45, 7) is 4.38. The zero-order valence-electron chi connectivity index (χ0n) is 10.8. The predicted octanol–water partition coefficient (Wildman–Crippen LogP) is 0.584. The van der Waals surface area contributed by atoms with Crippen LogP contribution in [0.15, 0.2) is 0 Å². The molecule has 6 nitrogen and oxygen atoms in total. The highest BCUT2D eigenvalue weighted by atomic mass is 32.2. The molecule has 0 saturated carbocycles. The lowest BCUT2D eigenvalue weighted by molar-refractivity contribution is -0.140. The van der Waals surface area contributed by atoms with Crippen molar-refractivity contribution in [2.75, 3.05) is 13.2 Å². The molecule has 1 aliphatic heterocycles. The Morgan fingerprint density at radius 2 is 2.00 bits per heavy atom. The Hall–Kier alpha value is -0.660. The summed E-state index contributed by atoms with van der Waals surface area (Å²) in [7, 11) is -3.59. The summed E-state index contributed by atoms with van der Waals surface area (Å²) >= 11 is 0. The van der Waals surface area contributed by atoms with Crippen molar-refractivity contribution >= 4 is 16.0 Å². The summed E-state index contributed by atoms with van der Waals surface area (Å²) in [5.41, 5.74) is 0. The van der Waals surface area contributed by atoms with Gasteiger partial charge in [-0.3, -0.25) is 4.79 Å². The average molecular weight is 279 g/mol. The number of rotatable bonds is 6. The van der Waals surface area contributed by atoms with Gasteiger partial charge in [-0.15, -0.1) is 0 Å². The lowest BCUT2D eigenvalue weighted by Crippen LogP contribution is -2.49. The van der Waals surface area contributed by atoms with Crippen LogP contribution in [0.4, 0.5) is 0 Å². The second-order valence-electron chi connectivity index (χ2n) is 4.68. The molecule has 2 N–H and O–H groups in total. The van der Waals surface area contributed by atoms with Gasteiger partial charge in [-0.05, 0) is 18.8 Å². The molecule has 0 aliphatic carbocycles. The highest BCUT2D eigenvalue weighted by molar-refractivity contribution is 7.90. The molecule has 2 atom stereocenters. The van der Waals surface area contributed by atoms with Gasteiger partial charge in [0.15, 0.2) is 0 Å². The number of nitrogens with one attached hydrogen (secondary N) is 1. The molecular weight excluding hydrogens is 258 g/mol.